The monoisotopic (exact) mass is 1140 g/mol. The van der Waals surface area contributed by atoms with E-state index in [-0.39, 0.29) is 75.4 Å². The Morgan fingerprint density at radius 3 is 1.64 bits per heavy atom. The molecule has 0 fully saturated rings. The van der Waals surface area contributed by atoms with E-state index in [2.05, 4.69) is 48.5 Å². The highest BCUT2D eigenvalue weighted by molar-refractivity contribution is 5.96. The fraction of sp³-hybridized carbons (Fsp3) is 0.678. The first-order valence-corrected chi connectivity index (χ1v) is 29.5. The lowest BCUT2D eigenvalue weighted by molar-refractivity contribution is -0.134. The Balaban J connectivity index is 1.96. The van der Waals surface area contributed by atoms with Crippen LogP contribution in [0.2, 0.25) is 0 Å². The number of benzene rings is 1. The Labute approximate surface area is 479 Å². The summed E-state index contributed by atoms with van der Waals surface area (Å²) in [6.07, 6.45) is 20.0. The molecule has 0 aliphatic rings. The third-order valence-electron chi connectivity index (χ3n) is 14.2. The maximum Gasteiger partial charge on any atom is 0.226 e. The summed E-state index contributed by atoms with van der Waals surface area (Å²) in [5.41, 5.74) is 17.9. The summed E-state index contributed by atoms with van der Waals surface area (Å²) in [5.74, 6) is -9.47. The van der Waals surface area contributed by atoms with E-state index in [1.807, 2.05) is 13.0 Å². The molecular formula is C59H97N11O11. The molecule has 14 N–H and O–H groups in total. The van der Waals surface area contributed by atoms with Crippen LogP contribution < -0.4 is 43.8 Å². The zero-order valence-electron chi connectivity index (χ0n) is 48.3. The van der Waals surface area contributed by atoms with Crippen LogP contribution in [0.1, 0.15) is 173 Å². The van der Waals surface area contributed by atoms with Crippen molar-refractivity contribution in [3.05, 3.63) is 54.1 Å². The lowest BCUT2D eigenvalue weighted by Crippen LogP contribution is -2.47. The summed E-state index contributed by atoms with van der Waals surface area (Å²) in [7, 11) is 0. The van der Waals surface area contributed by atoms with Crippen molar-refractivity contribution in [2.45, 2.75) is 186 Å². The van der Waals surface area contributed by atoms with Gasteiger partial charge in [-0.25, -0.2) is 4.98 Å². The normalized spacial score (nSPS) is 13.3. The first kappa shape index (κ1) is 70.7. The van der Waals surface area contributed by atoms with Crippen LogP contribution in [0.25, 0.3) is 0 Å². The predicted octanol–water partition coefficient (Wildman–Crippen LogP) is 3.48. The van der Waals surface area contributed by atoms with E-state index in [0.717, 1.165) is 37.7 Å². The van der Waals surface area contributed by atoms with Gasteiger partial charge in [0.2, 0.25) is 29.5 Å². The highest BCUT2D eigenvalue weighted by Crippen LogP contribution is 2.20. The SMILES string of the molecule is CCCCCCCCCCCCCCCC(=O)NCC(=O)C[C@@H](CO)C(=O)NCC(=O)C[C@@H](CO)C(=O)NCC(=O)C[C@@H](Cc1cnc[nH]1)C(=O)N[C@@H](Cc1ccccc1)C(=O)C[C@@H](CCCN=C(N)N)C(=O)N[C@H](C)CCCCN. The van der Waals surface area contributed by atoms with E-state index in [1.54, 1.807) is 24.3 Å². The fourth-order valence-corrected chi connectivity index (χ4v) is 9.36. The number of hydrogen-bond acceptors (Lipinski definition) is 14. The number of aliphatic hydroxyl groups excluding tert-OH is 2. The van der Waals surface area contributed by atoms with E-state index in [4.69, 9.17) is 17.2 Å². The van der Waals surface area contributed by atoms with Gasteiger partial charge in [0, 0.05) is 68.9 Å². The number of guanidine groups is 1. The number of imidazole rings is 1. The Morgan fingerprint density at radius 1 is 0.593 bits per heavy atom. The van der Waals surface area contributed by atoms with Crippen LogP contribution in [0, 0.1) is 23.7 Å². The minimum atomic E-state index is -1.31. The lowest BCUT2D eigenvalue weighted by Gasteiger charge is -2.25. The number of hydrogen-bond donors (Lipinski definition) is 11. The molecule has 5 amide bonds. The number of carbonyl (C=O) groups excluding carboxylic acids is 9. The van der Waals surface area contributed by atoms with Gasteiger partial charge < -0.3 is 59.0 Å². The van der Waals surface area contributed by atoms with Crippen molar-refractivity contribution in [2.24, 2.45) is 45.9 Å². The standard InChI is InChI=1S/C59H97N11O11/c1-3-4-5-6-7-8-9-10-11-12-13-14-18-26-54(77)65-36-50(74)32-46(39-71)55(78)67-38-51(75)33-47(40-72)56(79)66-37-49(73)31-45(30-48-35-63-41-68-48)58(81)70-52(29-43-23-16-15-17-24-43)53(76)34-44(25-21-28-64-59(61)62)57(80)69-42(2)22-19-20-27-60/h15-17,23-24,35,41-42,44-47,52,71-72H,3-14,18-22,25-34,36-40,60H2,1-2H3,(H,63,68)(H,65,77)(H,66,79)(H,67,78)(H,69,80)(H,70,81)(H4,61,62,64)/t42-,44-,45-,46+,47+,52+/m1/s1. The summed E-state index contributed by atoms with van der Waals surface area (Å²) < 4.78 is 0. The second kappa shape index (κ2) is 43.4. The van der Waals surface area contributed by atoms with Gasteiger partial charge in [0.25, 0.3) is 0 Å². The number of aromatic amines is 1. The quantitative estimate of drug-likeness (QED) is 0.0257. The molecule has 0 aliphatic heterocycles. The topological polar surface area (TPSA) is 373 Å². The van der Waals surface area contributed by atoms with E-state index >= 15 is 0 Å². The van der Waals surface area contributed by atoms with E-state index < -0.39 is 110 Å². The molecule has 0 saturated heterocycles. The number of H-pyrrole nitrogens is 1. The molecule has 2 rings (SSSR count). The Morgan fingerprint density at radius 2 is 1.12 bits per heavy atom. The Hall–Kier alpha value is -6.39. The summed E-state index contributed by atoms with van der Waals surface area (Å²) >= 11 is 0. The maximum absolute atomic E-state index is 14.3. The highest BCUT2D eigenvalue weighted by Gasteiger charge is 2.32. The van der Waals surface area contributed by atoms with Gasteiger partial charge in [0.1, 0.15) is 0 Å². The molecule has 81 heavy (non-hydrogen) atoms. The summed E-state index contributed by atoms with van der Waals surface area (Å²) in [5, 5.41) is 33.2. The van der Waals surface area contributed by atoms with Gasteiger partial charge in [-0.15, -0.1) is 0 Å². The molecular weight excluding hydrogens is 1040 g/mol. The van der Waals surface area contributed by atoms with Crippen LogP contribution in [-0.4, -0.2) is 137 Å². The smallest absolute Gasteiger partial charge is 0.226 e. The first-order chi connectivity index (χ1) is 39.0. The molecule has 0 saturated carbocycles. The first-order valence-electron chi connectivity index (χ1n) is 29.5. The number of ketones is 4. The maximum atomic E-state index is 14.3. The van der Waals surface area contributed by atoms with Crippen molar-refractivity contribution in [1.82, 2.24) is 36.6 Å². The number of aromatic nitrogens is 2. The van der Waals surface area contributed by atoms with Crippen LogP contribution in [-0.2, 0) is 56.0 Å². The number of rotatable bonds is 49. The number of carbonyl (C=O) groups is 9. The molecule has 0 aliphatic carbocycles. The number of aliphatic imine (C=N–C) groups is 1. The fourth-order valence-electron chi connectivity index (χ4n) is 9.36. The number of amides is 5. The minimum Gasteiger partial charge on any atom is -0.396 e. The summed E-state index contributed by atoms with van der Waals surface area (Å²) in [6, 6.07) is 7.70. The molecule has 0 bridgehead atoms. The number of nitrogens with zero attached hydrogens (tertiary/aromatic N) is 2. The Kier molecular flexibility index (Phi) is 37.9. The van der Waals surface area contributed by atoms with Crippen molar-refractivity contribution in [3.8, 4) is 0 Å². The molecule has 2 aromatic rings. The number of nitrogens with one attached hydrogen (secondary N) is 6. The number of Topliss-reactive ketones (excluding diaryl/α,β-unsaturated/α-hetero) is 4. The molecule has 454 valence electrons. The highest BCUT2D eigenvalue weighted by atomic mass is 16.3. The molecule has 1 heterocycles. The van der Waals surface area contributed by atoms with Crippen LogP contribution in [0.15, 0.2) is 47.8 Å². The van der Waals surface area contributed by atoms with Crippen LogP contribution in [0.5, 0.6) is 0 Å². The van der Waals surface area contributed by atoms with Crippen molar-refractivity contribution in [3.63, 3.8) is 0 Å². The number of unbranched alkanes of at least 4 members (excludes halogenated alkanes) is 13. The third-order valence-corrected chi connectivity index (χ3v) is 14.2. The molecule has 22 nitrogen and oxygen atoms in total. The van der Waals surface area contributed by atoms with Gasteiger partial charge in [0.15, 0.2) is 29.1 Å². The average molecular weight is 1140 g/mol. The van der Waals surface area contributed by atoms with E-state index in [9.17, 15) is 53.4 Å². The second-order valence-electron chi connectivity index (χ2n) is 21.4. The van der Waals surface area contributed by atoms with Gasteiger partial charge >= 0.3 is 0 Å². The Bertz CT molecular complexity index is 2190. The third kappa shape index (κ3) is 33.2. The number of aliphatic hydroxyl groups is 2. The molecule has 22 heteroatoms. The van der Waals surface area contributed by atoms with Crippen molar-refractivity contribution in [1.29, 1.82) is 0 Å². The molecule has 1 aromatic heterocycles. The number of nitrogens with two attached hydrogens (primary N) is 3. The van der Waals surface area contributed by atoms with Crippen molar-refractivity contribution in [2.75, 3.05) is 45.9 Å². The molecule has 6 atom stereocenters. The summed E-state index contributed by atoms with van der Waals surface area (Å²) in [4.78, 5) is 131. The van der Waals surface area contributed by atoms with E-state index in [0.29, 0.717) is 31.5 Å². The summed E-state index contributed by atoms with van der Waals surface area (Å²) in [6.45, 7) is 1.91. The second-order valence-corrected chi connectivity index (χ2v) is 21.4. The molecule has 0 spiro atoms. The van der Waals surface area contributed by atoms with Gasteiger partial charge in [-0.2, -0.15) is 0 Å². The van der Waals surface area contributed by atoms with Gasteiger partial charge in [-0.05, 0) is 57.6 Å². The van der Waals surface area contributed by atoms with Crippen LogP contribution in [0.4, 0.5) is 0 Å². The van der Waals surface area contributed by atoms with Gasteiger partial charge in [-0.1, -0.05) is 121 Å². The van der Waals surface area contributed by atoms with Gasteiger partial charge in [-0.3, -0.25) is 48.1 Å². The zero-order chi connectivity index (χ0) is 59.6. The van der Waals surface area contributed by atoms with Crippen molar-refractivity contribution >= 4 is 58.6 Å². The predicted molar refractivity (Wildman–Crippen MR) is 311 cm³/mol. The van der Waals surface area contributed by atoms with E-state index in [1.165, 1.54) is 70.3 Å². The largest absolute Gasteiger partial charge is 0.396 e. The van der Waals surface area contributed by atoms with Crippen molar-refractivity contribution < 1.29 is 53.4 Å². The van der Waals surface area contributed by atoms with Crippen LogP contribution >= 0.6 is 0 Å². The molecule has 0 radical (unpaired) electrons. The van der Waals surface area contributed by atoms with Crippen LogP contribution in [0.3, 0.4) is 0 Å². The average Bonchev–Trinajstić information content (AvgIpc) is 3.97. The molecule has 1 aromatic carbocycles. The zero-order valence-corrected chi connectivity index (χ0v) is 48.3. The minimum absolute atomic E-state index is 0.00342. The lowest BCUT2D eigenvalue weighted by atomic mass is 9.89. The molecule has 0 unspecified atom stereocenters. The van der Waals surface area contributed by atoms with Gasteiger partial charge in [0.05, 0.1) is 63.0 Å².